The number of fused-ring (bicyclic) bond motifs is 1. The Morgan fingerprint density at radius 1 is 1.19 bits per heavy atom. The number of nitrogens with zero attached hydrogens (tertiary/aromatic N) is 1. The van der Waals surface area contributed by atoms with Gasteiger partial charge in [-0.2, -0.15) is 0 Å². The van der Waals surface area contributed by atoms with E-state index in [0.29, 0.717) is 11.2 Å². The van der Waals surface area contributed by atoms with Crippen LogP contribution in [0.2, 0.25) is 0 Å². The number of nitrogens with two attached hydrogens (primary N) is 1. The molecular formula is C12H12F2N2. The lowest BCUT2D eigenvalue weighted by atomic mass is 10.1. The number of anilines is 1. The zero-order valence-electron chi connectivity index (χ0n) is 9.09. The summed E-state index contributed by atoms with van der Waals surface area (Å²) in [7, 11) is 0. The van der Waals surface area contributed by atoms with E-state index in [1.807, 2.05) is 26.0 Å². The van der Waals surface area contributed by atoms with Crippen molar-refractivity contribution in [3.8, 4) is 0 Å². The predicted molar refractivity (Wildman–Crippen MR) is 60.6 cm³/mol. The number of nitrogen functional groups attached to an aromatic ring is 1. The van der Waals surface area contributed by atoms with E-state index in [1.165, 1.54) is 6.07 Å². The maximum Gasteiger partial charge on any atom is 0.280 e. The van der Waals surface area contributed by atoms with E-state index >= 15 is 0 Å². The van der Waals surface area contributed by atoms with Crippen molar-refractivity contribution in [1.29, 1.82) is 0 Å². The first-order valence-corrected chi connectivity index (χ1v) is 4.94. The minimum absolute atomic E-state index is 0.267. The van der Waals surface area contributed by atoms with Crippen LogP contribution in [0.25, 0.3) is 10.9 Å². The number of aryl methyl sites for hydroxylation is 2. The van der Waals surface area contributed by atoms with Gasteiger partial charge in [-0.15, -0.1) is 0 Å². The third-order valence-corrected chi connectivity index (χ3v) is 2.52. The van der Waals surface area contributed by atoms with Crippen molar-refractivity contribution in [3.05, 3.63) is 35.0 Å². The molecule has 0 saturated carbocycles. The maximum absolute atomic E-state index is 12.6. The zero-order chi connectivity index (χ0) is 11.9. The van der Waals surface area contributed by atoms with Gasteiger partial charge in [0, 0.05) is 11.1 Å². The summed E-state index contributed by atoms with van der Waals surface area (Å²) in [5, 5.41) is 0.738. The van der Waals surface area contributed by atoms with Crippen molar-refractivity contribution < 1.29 is 8.78 Å². The third-order valence-electron chi connectivity index (χ3n) is 2.52. The van der Waals surface area contributed by atoms with Crippen LogP contribution in [0.15, 0.2) is 18.2 Å². The monoisotopic (exact) mass is 222 g/mol. The Kier molecular flexibility index (Phi) is 2.50. The summed E-state index contributed by atoms with van der Waals surface area (Å²) < 4.78 is 25.1. The smallest absolute Gasteiger partial charge is 0.280 e. The molecule has 2 aromatic rings. The first kappa shape index (κ1) is 10.8. The van der Waals surface area contributed by atoms with Crippen LogP contribution in [-0.2, 0) is 0 Å². The maximum atomic E-state index is 12.6. The molecule has 0 spiro atoms. The first-order chi connectivity index (χ1) is 7.49. The van der Waals surface area contributed by atoms with Gasteiger partial charge in [0.1, 0.15) is 5.69 Å². The van der Waals surface area contributed by atoms with E-state index in [9.17, 15) is 8.78 Å². The minimum atomic E-state index is -2.59. The van der Waals surface area contributed by atoms with E-state index in [4.69, 9.17) is 5.73 Å². The van der Waals surface area contributed by atoms with Gasteiger partial charge in [0.05, 0.1) is 5.52 Å². The van der Waals surface area contributed by atoms with Crippen LogP contribution in [0.5, 0.6) is 0 Å². The van der Waals surface area contributed by atoms with Gasteiger partial charge in [-0.05, 0) is 31.5 Å². The van der Waals surface area contributed by atoms with Gasteiger partial charge in [0.25, 0.3) is 6.43 Å². The predicted octanol–water partition coefficient (Wildman–Crippen LogP) is 3.37. The van der Waals surface area contributed by atoms with Crippen molar-refractivity contribution in [3.63, 3.8) is 0 Å². The molecule has 0 fully saturated rings. The average Bonchev–Trinajstić information content (AvgIpc) is 2.19. The number of halogens is 2. The van der Waals surface area contributed by atoms with Gasteiger partial charge in [-0.3, -0.25) is 0 Å². The van der Waals surface area contributed by atoms with E-state index in [-0.39, 0.29) is 5.69 Å². The number of benzene rings is 1. The van der Waals surface area contributed by atoms with Crippen molar-refractivity contribution in [2.75, 3.05) is 5.73 Å². The lowest BCUT2D eigenvalue weighted by Crippen LogP contribution is -1.98. The summed E-state index contributed by atoms with van der Waals surface area (Å²) in [6.45, 7) is 3.78. The van der Waals surface area contributed by atoms with Gasteiger partial charge in [-0.25, -0.2) is 13.8 Å². The molecule has 0 bridgehead atoms. The molecule has 0 aliphatic carbocycles. The number of aromatic nitrogens is 1. The molecule has 16 heavy (non-hydrogen) atoms. The SMILES string of the molecule is Cc1cc(C)c2nc(C(F)F)cc(N)c2c1. The Bertz CT molecular complexity index is 550. The highest BCUT2D eigenvalue weighted by Gasteiger charge is 2.13. The summed E-state index contributed by atoms with van der Waals surface area (Å²) in [5.41, 5.74) is 8.31. The summed E-state index contributed by atoms with van der Waals surface area (Å²) >= 11 is 0. The molecule has 2 rings (SSSR count). The molecule has 1 heterocycles. The van der Waals surface area contributed by atoms with Crippen molar-refractivity contribution in [1.82, 2.24) is 4.98 Å². The van der Waals surface area contributed by atoms with Gasteiger partial charge in [-0.1, -0.05) is 11.6 Å². The third kappa shape index (κ3) is 1.71. The molecule has 0 aliphatic rings. The summed E-state index contributed by atoms with van der Waals surface area (Å²) in [6.07, 6.45) is -2.59. The van der Waals surface area contributed by atoms with Crippen molar-refractivity contribution in [2.45, 2.75) is 20.3 Å². The van der Waals surface area contributed by atoms with Gasteiger partial charge in [0.15, 0.2) is 0 Å². The van der Waals surface area contributed by atoms with Gasteiger partial charge < -0.3 is 5.73 Å². The number of pyridine rings is 1. The summed E-state index contributed by atoms with van der Waals surface area (Å²) in [6, 6.07) is 5.01. The second-order valence-electron chi connectivity index (χ2n) is 3.92. The largest absolute Gasteiger partial charge is 0.398 e. The fourth-order valence-corrected chi connectivity index (χ4v) is 1.84. The quantitative estimate of drug-likeness (QED) is 0.803. The van der Waals surface area contributed by atoms with Crippen molar-refractivity contribution in [2.24, 2.45) is 0 Å². The molecule has 4 heteroatoms. The highest BCUT2D eigenvalue weighted by molar-refractivity contribution is 5.92. The molecule has 1 aromatic carbocycles. The Labute approximate surface area is 92.1 Å². The lowest BCUT2D eigenvalue weighted by Gasteiger charge is -2.09. The van der Waals surface area contributed by atoms with E-state index < -0.39 is 6.43 Å². The number of hydrogen-bond acceptors (Lipinski definition) is 2. The van der Waals surface area contributed by atoms with E-state index in [0.717, 1.165) is 16.5 Å². The van der Waals surface area contributed by atoms with Crippen LogP contribution in [-0.4, -0.2) is 4.98 Å². The van der Waals surface area contributed by atoms with Gasteiger partial charge >= 0.3 is 0 Å². The Morgan fingerprint density at radius 3 is 2.50 bits per heavy atom. The van der Waals surface area contributed by atoms with E-state index in [1.54, 1.807) is 0 Å². The van der Waals surface area contributed by atoms with Crippen LogP contribution in [0.3, 0.4) is 0 Å². The molecule has 2 N–H and O–H groups in total. The van der Waals surface area contributed by atoms with Crippen molar-refractivity contribution >= 4 is 16.6 Å². The molecule has 1 aromatic heterocycles. The lowest BCUT2D eigenvalue weighted by molar-refractivity contribution is 0.146. The van der Waals surface area contributed by atoms with Crippen LogP contribution in [0.1, 0.15) is 23.2 Å². The molecule has 0 aliphatic heterocycles. The highest BCUT2D eigenvalue weighted by Crippen LogP contribution is 2.28. The number of rotatable bonds is 1. The molecule has 0 unspecified atom stereocenters. The number of hydrogen-bond donors (Lipinski definition) is 1. The van der Waals surface area contributed by atoms with Crippen LogP contribution in [0, 0.1) is 13.8 Å². The van der Waals surface area contributed by atoms with Crippen LogP contribution < -0.4 is 5.73 Å². The van der Waals surface area contributed by atoms with Gasteiger partial charge in [0.2, 0.25) is 0 Å². The molecule has 84 valence electrons. The minimum Gasteiger partial charge on any atom is -0.398 e. The molecule has 2 nitrogen and oxygen atoms in total. The highest BCUT2D eigenvalue weighted by atomic mass is 19.3. The normalized spacial score (nSPS) is 11.3. The standard InChI is InChI=1S/C12H12F2N2/c1-6-3-7(2)11-8(4-6)9(15)5-10(16-11)12(13)14/h3-5,12H,1-2H3,(H2,15,16). The Morgan fingerprint density at radius 2 is 1.88 bits per heavy atom. The summed E-state index contributed by atoms with van der Waals surface area (Å²) in [5.74, 6) is 0. The van der Waals surface area contributed by atoms with Crippen LogP contribution in [0.4, 0.5) is 14.5 Å². The topological polar surface area (TPSA) is 38.9 Å². The summed E-state index contributed by atoms with van der Waals surface area (Å²) in [4.78, 5) is 3.95. The molecular weight excluding hydrogens is 210 g/mol. The Balaban J connectivity index is 2.82. The van der Waals surface area contributed by atoms with Crippen LogP contribution >= 0.6 is 0 Å². The average molecular weight is 222 g/mol. The molecule has 0 radical (unpaired) electrons. The molecule has 0 amide bonds. The first-order valence-electron chi connectivity index (χ1n) is 4.94. The fraction of sp³-hybridized carbons (Fsp3) is 0.250. The second kappa shape index (κ2) is 3.70. The second-order valence-corrected chi connectivity index (χ2v) is 3.92. The van der Waals surface area contributed by atoms with E-state index in [2.05, 4.69) is 4.98 Å². The number of alkyl halides is 2. The fourth-order valence-electron chi connectivity index (χ4n) is 1.84. The Hall–Kier alpha value is -1.71. The molecule has 0 atom stereocenters. The molecule has 0 saturated heterocycles. The zero-order valence-corrected chi connectivity index (χ0v) is 9.09.